The average Bonchev–Trinajstić information content (AvgIpc) is 2.93. The molecule has 0 aromatic heterocycles. The highest BCUT2D eigenvalue weighted by atomic mass is 32.2. The van der Waals surface area contributed by atoms with Gasteiger partial charge in [-0.05, 0) is 88.3 Å². The van der Waals surface area contributed by atoms with E-state index in [4.69, 9.17) is 4.74 Å². The van der Waals surface area contributed by atoms with Crippen molar-refractivity contribution in [2.24, 2.45) is 0 Å². The van der Waals surface area contributed by atoms with Crippen LogP contribution in [0.15, 0.2) is 42.5 Å². The zero-order chi connectivity index (χ0) is 32.0. The Balaban J connectivity index is 2.53. The van der Waals surface area contributed by atoms with Crippen LogP contribution in [0.4, 0.5) is 10.5 Å². The zero-order valence-corrected chi connectivity index (χ0v) is 27.8. The second-order valence-corrected chi connectivity index (χ2v) is 13.0. The number of amides is 3. The third-order valence-corrected chi connectivity index (χ3v) is 7.78. The van der Waals surface area contributed by atoms with Crippen molar-refractivity contribution >= 4 is 35.4 Å². The van der Waals surface area contributed by atoms with Gasteiger partial charge in [-0.15, -0.1) is 0 Å². The Kier molecular flexibility index (Phi) is 14.9. The molecule has 0 aliphatic carbocycles. The predicted octanol–water partition coefficient (Wildman–Crippen LogP) is 7.52. The summed E-state index contributed by atoms with van der Waals surface area (Å²) >= 11 is 1.58. The molecule has 2 rings (SSSR count). The molecular weight excluding hydrogens is 562 g/mol. The Bertz CT molecular complexity index is 1160. The van der Waals surface area contributed by atoms with Crippen LogP contribution in [-0.2, 0) is 14.3 Å². The number of anilines is 1. The molecule has 3 N–H and O–H groups in total. The number of aryl methyl sites for hydroxylation is 2. The van der Waals surface area contributed by atoms with Gasteiger partial charge in [-0.25, -0.2) is 4.79 Å². The monoisotopic (exact) mass is 613 g/mol. The Labute approximate surface area is 262 Å². The summed E-state index contributed by atoms with van der Waals surface area (Å²) in [6.07, 6.45) is 7.74. The Morgan fingerprint density at radius 2 is 1.56 bits per heavy atom. The van der Waals surface area contributed by atoms with Crippen LogP contribution in [-0.4, -0.2) is 58.1 Å². The quantitative estimate of drug-likeness (QED) is 0.169. The first kappa shape index (κ1) is 36.0. The van der Waals surface area contributed by atoms with Crippen molar-refractivity contribution in [2.75, 3.05) is 23.9 Å². The first-order valence-electron chi connectivity index (χ1n) is 15.3. The highest BCUT2D eigenvalue weighted by Gasteiger charge is 2.36. The molecule has 9 heteroatoms. The van der Waals surface area contributed by atoms with Crippen molar-refractivity contribution in [3.63, 3.8) is 0 Å². The van der Waals surface area contributed by atoms with Crippen LogP contribution < -0.4 is 10.6 Å². The van der Waals surface area contributed by atoms with E-state index < -0.39 is 23.8 Å². The van der Waals surface area contributed by atoms with E-state index in [9.17, 15) is 19.5 Å². The second-order valence-electron chi connectivity index (χ2n) is 12.0. The molecule has 238 valence electrons. The molecule has 0 bridgehead atoms. The highest BCUT2D eigenvalue weighted by molar-refractivity contribution is 7.98. The van der Waals surface area contributed by atoms with E-state index in [-0.39, 0.29) is 17.6 Å². The van der Waals surface area contributed by atoms with Crippen molar-refractivity contribution in [1.29, 1.82) is 0 Å². The molecule has 0 saturated carbocycles. The van der Waals surface area contributed by atoms with Gasteiger partial charge in [-0.1, -0.05) is 69.4 Å². The Morgan fingerprint density at radius 3 is 2.14 bits per heavy atom. The molecule has 0 heterocycles. The van der Waals surface area contributed by atoms with E-state index in [0.717, 1.165) is 43.2 Å². The number of carbonyl (C=O) groups is 3. The fourth-order valence-corrected chi connectivity index (χ4v) is 5.38. The van der Waals surface area contributed by atoms with Crippen molar-refractivity contribution in [3.05, 3.63) is 59.2 Å². The van der Waals surface area contributed by atoms with E-state index in [0.29, 0.717) is 36.4 Å². The van der Waals surface area contributed by atoms with E-state index in [1.807, 2.05) is 38.3 Å². The number of thioether (sulfide) groups is 1. The van der Waals surface area contributed by atoms with E-state index in [1.165, 1.54) is 12.1 Å². The van der Waals surface area contributed by atoms with Crippen molar-refractivity contribution in [3.8, 4) is 5.75 Å². The summed E-state index contributed by atoms with van der Waals surface area (Å²) in [5, 5.41) is 15.9. The van der Waals surface area contributed by atoms with Gasteiger partial charge in [0.2, 0.25) is 5.91 Å². The number of nitrogens with zero attached hydrogens (tertiary/aromatic N) is 1. The van der Waals surface area contributed by atoms with Crippen LogP contribution in [0.1, 0.15) is 95.4 Å². The number of phenolic OH excluding ortho intramolecular Hbond substituents is 1. The number of hydrogen-bond donors (Lipinski definition) is 3. The van der Waals surface area contributed by atoms with Gasteiger partial charge < -0.3 is 25.4 Å². The van der Waals surface area contributed by atoms with Crippen LogP contribution in [0.2, 0.25) is 0 Å². The summed E-state index contributed by atoms with van der Waals surface area (Å²) in [5.74, 6) is -0.00220. The summed E-state index contributed by atoms with van der Waals surface area (Å²) < 4.78 is 5.49. The second kappa shape index (κ2) is 17.8. The van der Waals surface area contributed by atoms with Gasteiger partial charge in [0.15, 0.2) is 0 Å². The minimum Gasteiger partial charge on any atom is -0.508 e. The molecule has 43 heavy (non-hydrogen) atoms. The molecule has 3 amide bonds. The average molecular weight is 614 g/mol. The third-order valence-electron chi connectivity index (χ3n) is 7.13. The molecule has 0 radical (unpaired) electrons. The smallest absolute Gasteiger partial charge is 0.408 e. The van der Waals surface area contributed by atoms with Crippen LogP contribution in [0.25, 0.3) is 0 Å². The summed E-state index contributed by atoms with van der Waals surface area (Å²) in [4.78, 5) is 43.0. The summed E-state index contributed by atoms with van der Waals surface area (Å²) in [6.45, 7) is 11.7. The van der Waals surface area contributed by atoms with Crippen LogP contribution in [0.5, 0.6) is 5.75 Å². The first-order valence-corrected chi connectivity index (χ1v) is 16.7. The normalized spacial score (nSPS) is 12.7. The van der Waals surface area contributed by atoms with Gasteiger partial charge in [-0.3, -0.25) is 9.59 Å². The molecule has 2 atom stereocenters. The van der Waals surface area contributed by atoms with Gasteiger partial charge >= 0.3 is 6.09 Å². The summed E-state index contributed by atoms with van der Waals surface area (Å²) in [7, 11) is 0. The molecule has 0 aliphatic rings. The number of ether oxygens (including phenoxy) is 1. The molecular formula is C34H51N3O5S. The Hall–Kier alpha value is -3.20. The van der Waals surface area contributed by atoms with E-state index in [1.54, 1.807) is 49.6 Å². The SMILES string of the molecule is CCCCCCCCN(C(=O)C(CCSC)NC(=O)OC(C)(C)C)C(C(=O)Nc1c(C)cccc1C)c1ccc(O)cc1. The fourth-order valence-electron chi connectivity index (χ4n) is 4.90. The number of alkyl carbamates (subject to hydrolysis) is 1. The number of aromatic hydroxyl groups is 1. The van der Waals surface area contributed by atoms with Crippen LogP contribution in [0.3, 0.4) is 0 Å². The van der Waals surface area contributed by atoms with Crippen molar-refractivity contribution in [2.45, 2.75) is 104 Å². The molecule has 0 spiro atoms. The lowest BCUT2D eigenvalue weighted by Crippen LogP contribution is -2.52. The maximum Gasteiger partial charge on any atom is 0.408 e. The molecule has 0 saturated heterocycles. The molecule has 0 fully saturated rings. The maximum absolute atomic E-state index is 14.4. The minimum atomic E-state index is -0.986. The molecule has 2 aromatic rings. The number of unbranched alkanes of at least 4 members (excludes halogenated alkanes) is 5. The number of nitrogens with one attached hydrogen (secondary N) is 2. The first-order chi connectivity index (χ1) is 20.4. The number of rotatable bonds is 16. The number of hydrogen-bond acceptors (Lipinski definition) is 6. The number of carbonyl (C=O) groups excluding carboxylic acids is 3. The highest BCUT2D eigenvalue weighted by Crippen LogP contribution is 2.29. The molecule has 2 aromatic carbocycles. The van der Waals surface area contributed by atoms with E-state index >= 15 is 0 Å². The van der Waals surface area contributed by atoms with Crippen LogP contribution in [0, 0.1) is 13.8 Å². The topological polar surface area (TPSA) is 108 Å². The number of benzene rings is 2. The summed E-state index contributed by atoms with van der Waals surface area (Å²) in [5.41, 5.74) is 2.37. The number of para-hydroxylation sites is 1. The van der Waals surface area contributed by atoms with Crippen molar-refractivity contribution in [1.82, 2.24) is 10.2 Å². The van der Waals surface area contributed by atoms with E-state index in [2.05, 4.69) is 17.6 Å². The maximum atomic E-state index is 14.4. The lowest BCUT2D eigenvalue weighted by atomic mass is 10.0. The fraction of sp³-hybridized carbons (Fsp3) is 0.559. The minimum absolute atomic E-state index is 0.0656. The predicted molar refractivity (Wildman–Crippen MR) is 177 cm³/mol. The van der Waals surface area contributed by atoms with Crippen LogP contribution >= 0.6 is 11.8 Å². The summed E-state index contributed by atoms with van der Waals surface area (Å²) in [6, 6.07) is 10.3. The van der Waals surface area contributed by atoms with Crippen molar-refractivity contribution < 1.29 is 24.2 Å². The largest absolute Gasteiger partial charge is 0.508 e. The molecule has 8 nitrogen and oxygen atoms in total. The number of phenols is 1. The van der Waals surface area contributed by atoms with Gasteiger partial charge in [0.1, 0.15) is 23.4 Å². The zero-order valence-electron chi connectivity index (χ0n) is 27.0. The van der Waals surface area contributed by atoms with Gasteiger partial charge in [0, 0.05) is 12.2 Å². The molecule has 2 unspecified atom stereocenters. The lowest BCUT2D eigenvalue weighted by Gasteiger charge is -2.35. The van der Waals surface area contributed by atoms with Gasteiger partial charge in [-0.2, -0.15) is 11.8 Å². The Morgan fingerprint density at radius 1 is 0.953 bits per heavy atom. The standard InChI is InChI=1S/C34H51N3O5S/c1-8-9-10-11-12-13-22-37(32(40)28(21-23-43-7)35-33(41)42-34(4,5)6)30(26-17-19-27(38)20-18-26)31(39)36-29-24(2)15-14-16-25(29)3/h14-20,28,30,38H,8-13,21-23H2,1-7H3,(H,35,41)(H,36,39). The van der Waals surface area contributed by atoms with Gasteiger partial charge in [0.05, 0.1) is 0 Å². The van der Waals surface area contributed by atoms with Gasteiger partial charge in [0.25, 0.3) is 5.91 Å². The lowest BCUT2D eigenvalue weighted by molar-refractivity contribution is -0.141. The third kappa shape index (κ3) is 12.1. The molecule has 0 aliphatic heterocycles.